The largest absolute Gasteiger partial charge is 0.308 e. The standard InChI is InChI=1S/C13H18N4/c1-13(2,3)16-8-11-4-5-14-9-12(11)17-7-6-15-10-17/h4-7,9-10,16H,8H2,1-3H3. The Morgan fingerprint density at radius 1 is 1.24 bits per heavy atom. The monoisotopic (exact) mass is 230 g/mol. The molecule has 2 aromatic rings. The van der Waals surface area contributed by atoms with Crippen LogP contribution in [0.2, 0.25) is 0 Å². The molecule has 4 nitrogen and oxygen atoms in total. The zero-order valence-corrected chi connectivity index (χ0v) is 10.5. The summed E-state index contributed by atoms with van der Waals surface area (Å²) in [6, 6.07) is 2.04. The van der Waals surface area contributed by atoms with Crippen molar-refractivity contribution in [3.8, 4) is 5.69 Å². The lowest BCUT2D eigenvalue weighted by Gasteiger charge is -2.21. The third-order valence-electron chi connectivity index (χ3n) is 2.48. The second-order valence-electron chi connectivity index (χ2n) is 5.08. The highest BCUT2D eigenvalue weighted by atomic mass is 15.0. The van der Waals surface area contributed by atoms with Crippen molar-refractivity contribution in [2.75, 3.05) is 0 Å². The van der Waals surface area contributed by atoms with Gasteiger partial charge in [-0.1, -0.05) is 0 Å². The van der Waals surface area contributed by atoms with E-state index in [9.17, 15) is 0 Å². The molecule has 0 amide bonds. The molecule has 0 aliphatic heterocycles. The maximum Gasteiger partial charge on any atom is 0.0992 e. The first-order chi connectivity index (χ1) is 8.06. The highest BCUT2D eigenvalue weighted by Crippen LogP contribution is 2.13. The average Bonchev–Trinajstić information content (AvgIpc) is 2.79. The van der Waals surface area contributed by atoms with Crippen molar-refractivity contribution in [3.05, 3.63) is 42.7 Å². The van der Waals surface area contributed by atoms with Crippen LogP contribution in [0.5, 0.6) is 0 Å². The zero-order chi connectivity index (χ0) is 12.3. The molecule has 0 saturated heterocycles. The van der Waals surface area contributed by atoms with Gasteiger partial charge in [0.25, 0.3) is 0 Å². The molecule has 2 aromatic heterocycles. The van der Waals surface area contributed by atoms with E-state index in [-0.39, 0.29) is 5.54 Å². The van der Waals surface area contributed by atoms with E-state index in [1.807, 2.05) is 29.2 Å². The SMILES string of the molecule is CC(C)(C)NCc1ccncc1-n1ccnc1. The molecule has 0 saturated carbocycles. The number of aromatic nitrogens is 3. The van der Waals surface area contributed by atoms with Crippen LogP contribution in [0.1, 0.15) is 26.3 Å². The molecule has 0 radical (unpaired) electrons. The van der Waals surface area contributed by atoms with Crippen LogP contribution in [0.3, 0.4) is 0 Å². The minimum absolute atomic E-state index is 0.107. The Morgan fingerprint density at radius 3 is 2.71 bits per heavy atom. The molecule has 0 atom stereocenters. The number of nitrogens with zero attached hydrogens (tertiary/aromatic N) is 3. The molecule has 2 heterocycles. The topological polar surface area (TPSA) is 42.7 Å². The maximum absolute atomic E-state index is 4.17. The molecule has 4 heteroatoms. The van der Waals surface area contributed by atoms with Crippen molar-refractivity contribution < 1.29 is 0 Å². The van der Waals surface area contributed by atoms with Crippen LogP contribution in [0.15, 0.2) is 37.2 Å². The summed E-state index contributed by atoms with van der Waals surface area (Å²) in [5.74, 6) is 0. The van der Waals surface area contributed by atoms with E-state index < -0.39 is 0 Å². The second-order valence-corrected chi connectivity index (χ2v) is 5.08. The maximum atomic E-state index is 4.17. The number of imidazole rings is 1. The summed E-state index contributed by atoms with van der Waals surface area (Å²) >= 11 is 0. The lowest BCUT2D eigenvalue weighted by Crippen LogP contribution is -2.35. The smallest absolute Gasteiger partial charge is 0.0992 e. The van der Waals surface area contributed by atoms with Gasteiger partial charge in [-0.3, -0.25) is 4.98 Å². The van der Waals surface area contributed by atoms with Crippen LogP contribution in [0, 0.1) is 0 Å². The Morgan fingerprint density at radius 2 is 2.06 bits per heavy atom. The Bertz CT molecular complexity index is 468. The van der Waals surface area contributed by atoms with Crippen molar-refractivity contribution in [2.24, 2.45) is 0 Å². The van der Waals surface area contributed by atoms with Crippen LogP contribution in [0.4, 0.5) is 0 Å². The predicted molar refractivity (Wildman–Crippen MR) is 68.0 cm³/mol. The van der Waals surface area contributed by atoms with Gasteiger partial charge in [0, 0.05) is 30.7 Å². The fourth-order valence-corrected chi connectivity index (χ4v) is 1.56. The van der Waals surface area contributed by atoms with Crippen molar-refractivity contribution in [1.29, 1.82) is 0 Å². The van der Waals surface area contributed by atoms with Gasteiger partial charge in [-0.2, -0.15) is 0 Å². The van der Waals surface area contributed by atoms with Gasteiger partial charge >= 0.3 is 0 Å². The van der Waals surface area contributed by atoms with Gasteiger partial charge in [0.05, 0.1) is 18.2 Å². The van der Waals surface area contributed by atoms with E-state index in [1.165, 1.54) is 5.56 Å². The van der Waals surface area contributed by atoms with Crippen molar-refractivity contribution in [3.63, 3.8) is 0 Å². The first-order valence-electron chi connectivity index (χ1n) is 5.72. The van der Waals surface area contributed by atoms with Gasteiger partial charge in [0.2, 0.25) is 0 Å². The highest BCUT2D eigenvalue weighted by molar-refractivity contribution is 5.38. The summed E-state index contributed by atoms with van der Waals surface area (Å²) in [7, 11) is 0. The molecule has 0 fully saturated rings. The summed E-state index contributed by atoms with van der Waals surface area (Å²) in [5, 5.41) is 3.48. The molecule has 90 valence electrons. The van der Waals surface area contributed by atoms with Crippen molar-refractivity contribution >= 4 is 0 Å². The molecular formula is C13H18N4. The third kappa shape index (κ3) is 3.14. The molecular weight excluding hydrogens is 212 g/mol. The van der Waals surface area contributed by atoms with Gasteiger partial charge in [-0.25, -0.2) is 4.98 Å². The fraction of sp³-hybridized carbons (Fsp3) is 0.385. The molecule has 0 unspecified atom stereocenters. The van der Waals surface area contributed by atoms with Crippen LogP contribution < -0.4 is 5.32 Å². The van der Waals surface area contributed by atoms with Gasteiger partial charge < -0.3 is 9.88 Å². The molecule has 1 N–H and O–H groups in total. The van der Waals surface area contributed by atoms with Crippen LogP contribution in [0.25, 0.3) is 5.69 Å². The van der Waals surface area contributed by atoms with Gasteiger partial charge in [-0.15, -0.1) is 0 Å². The Hall–Kier alpha value is -1.68. The van der Waals surface area contributed by atoms with E-state index >= 15 is 0 Å². The molecule has 0 aromatic carbocycles. The lowest BCUT2D eigenvalue weighted by molar-refractivity contribution is 0.424. The number of pyridine rings is 1. The Kier molecular flexibility index (Phi) is 3.24. The Labute approximate surface area is 102 Å². The summed E-state index contributed by atoms with van der Waals surface area (Å²) in [6.07, 6.45) is 9.17. The number of rotatable bonds is 3. The number of hydrogen-bond acceptors (Lipinski definition) is 3. The van der Waals surface area contributed by atoms with E-state index in [1.54, 1.807) is 12.5 Å². The van der Waals surface area contributed by atoms with Gasteiger partial charge in [-0.05, 0) is 32.4 Å². The highest BCUT2D eigenvalue weighted by Gasteiger charge is 2.10. The van der Waals surface area contributed by atoms with Crippen molar-refractivity contribution in [1.82, 2.24) is 19.9 Å². The minimum atomic E-state index is 0.107. The third-order valence-corrected chi connectivity index (χ3v) is 2.48. The van der Waals surface area contributed by atoms with E-state index in [0.29, 0.717) is 0 Å². The first-order valence-corrected chi connectivity index (χ1v) is 5.72. The Balaban J connectivity index is 2.23. The molecule has 0 aliphatic rings. The molecule has 0 aliphatic carbocycles. The van der Waals surface area contributed by atoms with Crippen molar-refractivity contribution in [2.45, 2.75) is 32.9 Å². The first kappa shape index (κ1) is 11.8. The van der Waals surface area contributed by atoms with E-state index in [0.717, 1.165) is 12.2 Å². The molecule has 0 spiro atoms. The summed E-state index contributed by atoms with van der Waals surface area (Å²) in [6.45, 7) is 7.29. The quantitative estimate of drug-likeness (QED) is 0.878. The normalized spacial score (nSPS) is 11.7. The lowest BCUT2D eigenvalue weighted by atomic mass is 10.1. The predicted octanol–water partition coefficient (Wildman–Crippen LogP) is 2.16. The second kappa shape index (κ2) is 4.67. The molecule has 17 heavy (non-hydrogen) atoms. The molecule has 0 bridgehead atoms. The zero-order valence-electron chi connectivity index (χ0n) is 10.5. The van der Waals surface area contributed by atoms with E-state index in [4.69, 9.17) is 0 Å². The number of hydrogen-bond donors (Lipinski definition) is 1. The summed E-state index contributed by atoms with van der Waals surface area (Å²) < 4.78 is 1.98. The van der Waals surface area contributed by atoms with Gasteiger partial charge in [0.15, 0.2) is 0 Å². The van der Waals surface area contributed by atoms with E-state index in [2.05, 4.69) is 36.1 Å². The average molecular weight is 230 g/mol. The fourth-order valence-electron chi connectivity index (χ4n) is 1.56. The van der Waals surface area contributed by atoms with Gasteiger partial charge in [0.1, 0.15) is 0 Å². The van der Waals surface area contributed by atoms with Crippen LogP contribution >= 0.6 is 0 Å². The summed E-state index contributed by atoms with van der Waals surface area (Å²) in [5.41, 5.74) is 2.39. The number of nitrogens with one attached hydrogen (secondary N) is 1. The summed E-state index contributed by atoms with van der Waals surface area (Å²) in [4.78, 5) is 8.23. The minimum Gasteiger partial charge on any atom is -0.308 e. The van der Waals surface area contributed by atoms with Crippen LogP contribution in [-0.4, -0.2) is 20.1 Å². The van der Waals surface area contributed by atoms with Crippen LogP contribution in [-0.2, 0) is 6.54 Å². The molecule has 2 rings (SSSR count).